The van der Waals surface area contributed by atoms with Gasteiger partial charge in [-0.25, -0.2) is 0 Å². The molecule has 4 aliphatic rings. The summed E-state index contributed by atoms with van der Waals surface area (Å²) in [6, 6.07) is 0. The Labute approximate surface area is 189 Å². The first-order valence-electron chi connectivity index (χ1n) is 12.5. The van der Waals surface area contributed by atoms with Crippen molar-refractivity contribution in [1.82, 2.24) is 0 Å². The van der Waals surface area contributed by atoms with Crippen molar-refractivity contribution < 1.29 is 10.2 Å². The van der Waals surface area contributed by atoms with Gasteiger partial charge in [0.05, 0.1) is 17.6 Å². The van der Waals surface area contributed by atoms with Crippen LogP contribution in [-0.4, -0.2) is 27.8 Å². The van der Waals surface area contributed by atoms with Crippen LogP contribution in [0.15, 0.2) is 22.8 Å². The predicted octanol–water partition coefficient (Wildman–Crippen LogP) is 6.64. The first-order valence-corrected chi connectivity index (χ1v) is 12.9. The van der Waals surface area contributed by atoms with E-state index in [0.717, 1.165) is 32.1 Å². The molecule has 2 N–H and O–H groups in total. The first-order chi connectivity index (χ1) is 14.1. The number of alkyl halides is 1. The highest BCUT2D eigenvalue weighted by Gasteiger charge is 2.53. The van der Waals surface area contributed by atoms with Gasteiger partial charge in [-0.05, 0) is 103 Å². The lowest BCUT2D eigenvalue weighted by Crippen LogP contribution is -2.45. The van der Waals surface area contributed by atoms with Gasteiger partial charge in [-0.1, -0.05) is 46.3 Å². The fourth-order valence-electron chi connectivity index (χ4n) is 7.85. The maximum absolute atomic E-state index is 10.7. The molecule has 4 aliphatic carbocycles. The molecule has 0 heterocycles. The van der Waals surface area contributed by atoms with E-state index in [-0.39, 0.29) is 16.9 Å². The smallest absolute Gasteiger partial charge is 0.0708 e. The largest absolute Gasteiger partial charge is 0.393 e. The normalized spacial score (nSPS) is 41.6. The highest BCUT2D eigenvalue weighted by molar-refractivity contribution is 6.21. The summed E-state index contributed by atoms with van der Waals surface area (Å²) in [4.78, 5) is 0. The molecule has 1 fully saturated rings. The summed E-state index contributed by atoms with van der Waals surface area (Å²) in [5.41, 5.74) is 5.50. The number of hydrogen-bond acceptors (Lipinski definition) is 2. The molecule has 0 aromatic rings. The Morgan fingerprint density at radius 2 is 1.83 bits per heavy atom. The van der Waals surface area contributed by atoms with Crippen LogP contribution in [0.4, 0.5) is 0 Å². The molecular weight excluding hydrogens is 392 g/mol. The van der Waals surface area contributed by atoms with Crippen LogP contribution >= 0.6 is 11.6 Å². The topological polar surface area (TPSA) is 40.5 Å². The van der Waals surface area contributed by atoms with E-state index in [1.165, 1.54) is 25.7 Å². The lowest BCUT2D eigenvalue weighted by molar-refractivity contribution is 0.0218. The lowest BCUT2D eigenvalue weighted by Gasteiger charge is -2.54. The van der Waals surface area contributed by atoms with Crippen molar-refractivity contribution in [2.75, 3.05) is 0 Å². The molecule has 0 bridgehead atoms. The second kappa shape index (κ2) is 8.23. The summed E-state index contributed by atoms with van der Waals surface area (Å²) in [6.45, 7) is 11.6. The minimum Gasteiger partial charge on any atom is -0.393 e. The minimum absolute atomic E-state index is 0.0899. The Balaban J connectivity index is 1.57. The molecule has 0 aromatic heterocycles. The van der Waals surface area contributed by atoms with Crippen LogP contribution in [0.5, 0.6) is 0 Å². The lowest BCUT2D eigenvalue weighted by atomic mass is 9.51. The molecule has 2 nitrogen and oxygen atoms in total. The summed E-state index contributed by atoms with van der Waals surface area (Å²) in [7, 11) is 0. The average Bonchev–Trinajstić information content (AvgIpc) is 3.04. The van der Waals surface area contributed by atoms with E-state index < -0.39 is 6.10 Å². The number of rotatable bonds is 5. The zero-order valence-corrected chi connectivity index (χ0v) is 20.5. The zero-order valence-electron chi connectivity index (χ0n) is 19.8. The second-order valence-corrected chi connectivity index (χ2v) is 12.4. The average molecular weight is 435 g/mol. The second-order valence-electron chi connectivity index (χ2n) is 11.9. The number of aliphatic hydroxyl groups excluding tert-OH is 2. The quantitative estimate of drug-likeness (QED) is 0.476. The fourth-order valence-corrected chi connectivity index (χ4v) is 8.13. The summed E-state index contributed by atoms with van der Waals surface area (Å²) in [5, 5.41) is 20.8. The van der Waals surface area contributed by atoms with Gasteiger partial charge < -0.3 is 10.2 Å². The Kier molecular flexibility index (Phi) is 6.28. The van der Waals surface area contributed by atoms with E-state index in [1.807, 2.05) is 0 Å². The summed E-state index contributed by atoms with van der Waals surface area (Å²) in [6.07, 6.45) is 11.8. The molecule has 0 aromatic carbocycles. The molecule has 1 saturated carbocycles. The highest BCUT2D eigenvalue weighted by atomic mass is 35.5. The van der Waals surface area contributed by atoms with E-state index >= 15 is 0 Å². The van der Waals surface area contributed by atoms with Gasteiger partial charge in [0.1, 0.15) is 0 Å². The monoisotopic (exact) mass is 434 g/mol. The van der Waals surface area contributed by atoms with Crippen LogP contribution in [0.3, 0.4) is 0 Å². The van der Waals surface area contributed by atoms with Crippen molar-refractivity contribution in [3.63, 3.8) is 0 Å². The standard InChI is InChI=1S/C27H43ClO2/c1-16(2)14-24(30)25(28)17(3)21-8-9-22-20-7-6-18-15-19(29)10-12-26(18,4)23(20)11-13-27(21,22)5/h9,16-19,21,24-25,29-30H,6-8,10-15H2,1-5H3. The molecule has 30 heavy (non-hydrogen) atoms. The molecule has 0 saturated heterocycles. The van der Waals surface area contributed by atoms with E-state index in [2.05, 4.69) is 40.7 Å². The van der Waals surface area contributed by atoms with Gasteiger partial charge in [-0.15, -0.1) is 11.6 Å². The summed E-state index contributed by atoms with van der Waals surface area (Å²) in [5.74, 6) is 1.94. The molecule has 0 spiro atoms. The third-order valence-corrected chi connectivity index (χ3v) is 10.4. The third-order valence-electron chi connectivity index (χ3n) is 9.70. The van der Waals surface area contributed by atoms with E-state index in [0.29, 0.717) is 29.1 Å². The van der Waals surface area contributed by atoms with Crippen molar-refractivity contribution in [3.05, 3.63) is 22.8 Å². The molecule has 0 amide bonds. The number of fused-ring (bicyclic) bond motifs is 4. The van der Waals surface area contributed by atoms with E-state index in [9.17, 15) is 10.2 Å². The maximum atomic E-state index is 10.7. The third kappa shape index (κ3) is 3.63. The van der Waals surface area contributed by atoms with Crippen LogP contribution in [-0.2, 0) is 0 Å². The molecule has 4 rings (SSSR count). The Hall–Kier alpha value is -0.310. The van der Waals surface area contributed by atoms with Gasteiger partial charge in [-0.2, -0.15) is 0 Å². The Bertz CT molecular complexity index is 724. The maximum Gasteiger partial charge on any atom is 0.0708 e. The number of hydrogen-bond donors (Lipinski definition) is 2. The van der Waals surface area contributed by atoms with Gasteiger partial charge in [0.2, 0.25) is 0 Å². The van der Waals surface area contributed by atoms with Crippen LogP contribution in [0.1, 0.15) is 92.4 Å². The van der Waals surface area contributed by atoms with Gasteiger partial charge in [0.25, 0.3) is 0 Å². The van der Waals surface area contributed by atoms with Gasteiger partial charge >= 0.3 is 0 Å². The molecule has 3 heteroatoms. The van der Waals surface area contributed by atoms with Gasteiger partial charge in [0.15, 0.2) is 0 Å². The van der Waals surface area contributed by atoms with E-state index in [4.69, 9.17) is 11.6 Å². The molecule has 8 atom stereocenters. The van der Waals surface area contributed by atoms with Crippen LogP contribution in [0, 0.1) is 34.5 Å². The van der Waals surface area contributed by atoms with Gasteiger partial charge in [0, 0.05) is 0 Å². The number of aliphatic hydroxyl groups is 2. The predicted molar refractivity (Wildman–Crippen MR) is 126 cm³/mol. The van der Waals surface area contributed by atoms with Crippen molar-refractivity contribution >= 4 is 11.6 Å². The molecule has 0 aliphatic heterocycles. The zero-order chi connectivity index (χ0) is 21.8. The SMILES string of the molecule is CC(C)CC(O)C(Cl)C(C)C1CC=C2C3=C(CCC21C)C1(C)CCC(O)CC1CC3. The number of allylic oxidation sites excluding steroid dienone is 4. The fraction of sp³-hybridized carbons (Fsp3) is 0.852. The van der Waals surface area contributed by atoms with E-state index in [1.54, 1.807) is 16.7 Å². The van der Waals surface area contributed by atoms with Crippen LogP contribution < -0.4 is 0 Å². The van der Waals surface area contributed by atoms with Crippen molar-refractivity contribution in [3.8, 4) is 0 Å². The van der Waals surface area contributed by atoms with Crippen molar-refractivity contribution in [2.24, 2.45) is 34.5 Å². The van der Waals surface area contributed by atoms with Gasteiger partial charge in [-0.3, -0.25) is 0 Å². The van der Waals surface area contributed by atoms with Crippen molar-refractivity contribution in [1.29, 1.82) is 0 Å². The Morgan fingerprint density at radius 1 is 1.10 bits per heavy atom. The Morgan fingerprint density at radius 3 is 2.53 bits per heavy atom. The molecular formula is C27H43ClO2. The van der Waals surface area contributed by atoms with Crippen LogP contribution in [0.25, 0.3) is 0 Å². The molecule has 170 valence electrons. The first kappa shape index (κ1) is 22.9. The van der Waals surface area contributed by atoms with Crippen molar-refractivity contribution in [2.45, 2.75) is 110 Å². The van der Waals surface area contributed by atoms with Crippen LogP contribution in [0.2, 0.25) is 0 Å². The number of halogens is 1. The molecule has 0 radical (unpaired) electrons. The highest BCUT2D eigenvalue weighted by Crippen LogP contribution is 2.64. The molecule has 8 unspecified atom stereocenters. The summed E-state index contributed by atoms with van der Waals surface area (Å²) >= 11 is 6.85. The summed E-state index contributed by atoms with van der Waals surface area (Å²) < 4.78 is 0. The minimum atomic E-state index is -0.421.